The molecule has 1 aromatic carbocycles. The van der Waals surface area contributed by atoms with Crippen LogP contribution in [0.3, 0.4) is 0 Å². The molecule has 0 unspecified atom stereocenters. The number of ether oxygens (including phenoxy) is 1. The Morgan fingerprint density at radius 2 is 2.30 bits per heavy atom. The quantitative estimate of drug-likeness (QED) is 0.320. The van der Waals surface area contributed by atoms with E-state index >= 15 is 0 Å². The lowest BCUT2D eigenvalue weighted by molar-refractivity contribution is -0.0695. The van der Waals surface area contributed by atoms with Crippen LogP contribution in [0.2, 0.25) is 0 Å². The number of nitrogens with zero attached hydrogens (tertiary/aromatic N) is 1. The SMILES string of the molecule is COC1(CNCc2ccc(F)cc2/C(N)=N/O)CCC1. The molecule has 1 aliphatic rings. The third kappa shape index (κ3) is 3.08. The molecular formula is C14H20FN3O2. The Bertz CT molecular complexity index is 496. The molecule has 0 aliphatic heterocycles. The Kier molecular flexibility index (Phi) is 4.57. The lowest BCUT2D eigenvalue weighted by Gasteiger charge is -2.40. The van der Waals surface area contributed by atoms with Gasteiger partial charge in [0.15, 0.2) is 5.84 Å². The van der Waals surface area contributed by atoms with Crippen LogP contribution in [0.1, 0.15) is 30.4 Å². The zero-order valence-electron chi connectivity index (χ0n) is 11.5. The molecule has 1 fully saturated rings. The van der Waals surface area contributed by atoms with Crippen molar-refractivity contribution in [2.75, 3.05) is 13.7 Å². The molecule has 0 spiro atoms. The molecule has 0 aromatic heterocycles. The van der Waals surface area contributed by atoms with Crippen LogP contribution < -0.4 is 11.1 Å². The summed E-state index contributed by atoms with van der Waals surface area (Å²) >= 11 is 0. The van der Waals surface area contributed by atoms with Gasteiger partial charge in [-0.15, -0.1) is 0 Å². The van der Waals surface area contributed by atoms with Crippen molar-refractivity contribution >= 4 is 5.84 Å². The smallest absolute Gasteiger partial charge is 0.170 e. The minimum Gasteiger partial charge on any atom is -0.409 e. The molecule has 1 aliphatic carbocycles. The number of benzene rings is 1. The maximum Gasteiger partial charge on any atom is 0.170 e. The van der Waals surface area contributed by atoms with Gasteiger partial charge in [-0.25, -0.2) is 4.39 Å². The number of rotatable bonds is 6. The predicted octanol–water partition coefficient (Wildman–Crippen LogP) is 1.58. The molecule has 110 valence electrons. The molecular weight excluding hydrogens is 261 g/mol. The molecule has 0 radical (unpaired) electrons. The van der Waals surface area contributed by atoms with E-state index in [1.807, 2.05) is 0 Å². The van der Waals surface area contributed by atoms with Gasteiger partial charge in [0.2, 0.25) is 0 Å². The molecule has 1 saturated carbocycles. The summed E-state index contributed by atoms with van der Waals surface area (Å²) in [6, 6.07) is 4.26. The Balaban J connectivity index is 2.02. The minimum atomic E-state index is -0.414. The molecule has 5 nitrogen and oxygen atoms in total. The second kappa shape index (κ2) is 6.19. The van der Waals surface area contributed by atoms with Gasteiger partial charge in [-0.3, -0.25) is 0 Å². The van der Waals surface area contributed by atoms with E-state index in [-0.39, 0.29) is 11.4 Å². The maximum atomic E-state index is 13.2. The van der Waals surface area contributed by atoms with Crippen LogP contribution >= 0.6 is 0 Å². The topological polar surface area (TPSA) is 79.9 Å². The van der Waals surface area contributed by atoms with Gasteiger partial charge < -0.3 is 21.0 Å². The first kappa shape index (κ1) is 14.7. The molecule has 6 heteroatoms. The van der Waals surface area contributed by atoms with Crippen molar-refractivity contribution < 1.29 is 14.3 Å². The third-order valence-corrected chi connectivity index (χ3v) is 3.92. The highest BCUT2D eigenvalue weighted by molar-refractivity contribution is 5.98. The van der Waals surface area contributed by atoms with E-state index in [0.717, 1.165) is 24.9 Å². The Morgan fingerprint density at radius 1 is 1.55 bits per heavy atom. The Morgan fingerprint density at radius 3 is 2.85 bits per heavy atom. The summed E-state index contributed by atoms with van der Waals surface area (Å²) in [5, 5.41) is 15.0. The number of hydrogen-bond donors (Lipinski definition) is 3. The second-order valence-corrected chi connectivity index (χ2v) is 5.13. The zero-order valence-corrected chi connectivity index (χ0v) is 11.5. The largest absolute Gasteiger partial charge is 0.409 e. The van der Waals surface area contributed by atoms with Crippen LogP contribution in [-0.4, -0.2) is 30.3 Å². The molecule has 0 bridgehead atoms. The van der Waals surface area contributed by atoms with Crippen molar-refractivity contribution in [3.8, 4) is 0 Å². The molecule has 0 amide bonds. The third-order valence-electron chi connectivity index (χ3n) is 3.92. The summed E-state index contributed by atoms with van der Waals surface area (Å²) < 4.78 is 18.8. The average molecular weight is 281 g/mol. The van der Waals surface area contributed by atoms with Crippen LogP contribution in [0.5, 0.6) is 0 Å². The number of hydrogen-bond acceptors (Lipinski definition) is 4. The molecule has 20 heavy (non-hydrogen) atoms. The van der Waals surface area contributed by atoms with E-state index in [1.165, 1.54) is 18.6 Å². The van der Waals surface area contributed by atoms with E-state index in [1.54, 1.807) is 13.2 Å². The van der Waals surface area contributed by atoms with E-state index in [9.17, 15) is 4.39 Å². The average Bonchev–Trinajstić information content (AvgIpc) is 2.42. The number of amidine groups is 1. The van der Waals surface area contributed by atoms with E-state index in [4.69, 9.17) is 15.7 Å². The van der Waals surface area contributed by atoms with Crippen molar-refractivity contribution in [2.45, 2.75) is 31.4 Å². The molecule has 4 N–H and O–H groups in total. The van der Waals surface area contributed by atoms with Crippen LogP contribution in [0, 0.1) is 5.82 Å². The summed E-state index contributed by atoms with van der Waals surface area (Å²) in [4.78, 5) is 0. The first-order valence-electron chi connectivity index (χ1n) is 6.62. The van der Waals surface area contributed by atoms with Crippen molar-refractivity contribution in [2.24, 2.45) is 10.9 Å². The van der Waals surface area contributed by atoms with Gasteiger partial charge in [-0.2, -0.15) is 0 Å². The highest BCUT2D eigenvalue weighted by Gasteiger charge is 2.36. The monoisotopic (exact) mass is 281 g/mol. The first-order valence-corrected chi connectivity index (χ1v) is 6.62. The van der Waals surface area contributed by atoms with Crippen molar-refractivity contribution in [1.82, 2.24) is 5.32 Å². The van der Waals surface area contributed by atoms with Gasteiger partial charge in [-0.1, -0.05) is 11.2 Å². The minimum absolute atomic E-state index is 0.0726. The normalized spacial score (nSPS) is 17.8. The van der Waals surface area contributed by atoms with Gasteiger partial charge in [0, 0.05) is 25.8 Å². The van der Waals surface area contributed by atoms with Crippen molar-refractivity contribution in [3.63, 3.8) is 0 Å². The summed E-state index contributed by atoms with van der Waals surface area (Å²) in [7, 11) is 1.72. The summed E-state index contributed by atoms with van der Waals surface area (Å²) in [5.41, 5.74) is 6.68. The fraction of sp³-hybridized carbons (Fsp3) is 0.500. The van der Waals surface area contributed by atoms with Crippen molar-refractivity contribution in [3.05, 3.63) is 35.1 Å². The van der Waals surface area contributed by atoms with E-state index < -0.39 is 5.82 Å². The van der Waals surface area contributed by atoms with Gasteiger partial charge in [0.25, 0.3) is 0 Å². The lowest BCUT2D eigenvalue weighted by Crippen LogP contribution is -2.47. The van der Waals surface area contributed by atoms with E-state index in [2.05, 4.69) is 10.5 Å². The van der Waals surface area contributed by atoms with Crippen LogP contribution in [0.25, 0.3) is 0 Å². The van der Waals surface area contributed by atoms with Crippen LogP contribution in [0.4, 0.5) is 4.39 Å². The highest BCUT2D eigenvalue weighted by Crippen LogP contribution is 2.34. The molecule has 0 saturated heterocycles. The summed E-state index contributed by atoms with van der Waals surface area (Å²) in [5.74, 6) is -0.505. The lowest BCUT2D eigenvalue weighted by atomic mass is 9.80. The van der Waals surface area contributed by atoms with Crippen molar-refractivity contribution in [1.29, 1.82) is 0 Å². The first-order chi connectivity index (χ1) is 9.60. The fourth-order valence-corrected chi connectivity index (χ4v) is 2.44. The zero-order chi connectivity index (χ0) is 14.6. The number of methoxy groups -OCH3 is 1. The predicted molar refractivity (Wildman–Crippen MR) is 74.2 cm³/mol. The number of nitrogens with two attached hydrogens (primary N) is 1. The van der Waals surface area contributed by atoms with Gasteiger partial charge in [-0.05, 0) is 37.0 Å². The summed E-state index contributed by atoms with van der Waals surface area (Å²) in [6.45, 7) is 1.24. The second-order valence-electron chi connectivity index (χ2n) is 5.13. The Hall–Kier alpha value is -1.66. The van der Waals surface area contributed by atoms with Gasteiger partial charge in [0.1, 0.15) is 5.82 Å². The highest BCUT2D eigenvalue weighted by atomic mass is 19.1. The van der Waals surface area contributed by atoms with E-state index in [0.29, 0.717) is 12.1 Å². The van der Waals surface area contributed by atoms with Gasteiger partial charge >= 0.3 is 0 Å². The van der Waals surface area contributed by atoms with Gasteiger partial charge in [0.05, 0.1) is 5.60 Å². The molecule has 2 rings (SSSR count). The standard InChI is InChI=1S/C14H20FN3O2/c1-20-14(5-2-6-14)9-17-8-10-3-4-11(15)7-12(10)13(16)18-19/h3-4,7,17,19H,2,5-6,8-9H2,1H3,(H2,16,18). The van der Waals surface area contributed by atoms with Crippen LogP contribution in [0.15, 0.2) is 23.4 Å². The van der Waals surface area contributed by atoms with Crippen LogP contribution in [-0.2, 0) is 11.3 Å². The maximum absolute atomic E-state index is 13.2. The number of halogens is 1. The number of oxime groups is 1. The fourth-order valence-electron chi connectivity index (χ4n) is 2.44. The summed E-state index contributed by atoms with van der Waals surface area (Å²) in [6.07, 6.45) is 3.28. The number of nitrogens with one attached hydrogen (secondary N) is 1. The molecule has 1 aromatic rings. The molecule has 0 atom stereocenters. The molecule has 0 heterocycles. The Labute approximate surface area is 117 Å².